The fraction of sp³-hybridized carbons (Fsp3) is 0.391. The molecule has 2 rings (SSSR count). The summed E-state index contributed by atoms with van der Waals surface area (Å²) < 4.78 is 15.0. The summed E-state index contributed by atoms with van der Waals surface area (Å²) in [5, 5.41) is 8.83. The van der Waals surface area contributed by atoms with Gasteiger partial charge in [-0.1, -0.05) is 24.3 Å². The molecule has 0 fully saturated rings. The van der Waals surface area contributed by atoms with Crippen LogP contribution >= 0.6 is 0 Å². The van der Waals surface area contributed by atoms with E-state index in [1.807, 2.05) is 51.1 Å². The van der Waals surface area contributed by atoms with Crippen molar-refractivity contribution in [3.8, 4) is 11.5 Å². The van der Waals surface area contributed by atoms with Crippen molar-refractivity contribution >= 4 is 11.9 Å². The summed E-state index contributed by atoms with van der Waals surface area (Å²) >= 11 is 0. The first-order valence-electron chi connectivity index (χ1n) is 9.25. The Morgan fingerprint density at radius 2 is 1.21 bits per heavy atom. The fourth-order valence-electron chi connectivity index (χ4n) is 2.67. The Balaban J connectivity index is 0.000000291. The van der Waals surface area contributed by atoms with Crippen molar-refractivity contribution in [2.75, 3.05) is 21.3 Å². The third kappa shape index (κ3) is 6.52. The van der Waals surface area contributed by atoms with Gasteiger partial charge in [0, 0.05) is 0 Å². The van der Waals surface area contributed by atoms with Crippen molar-refractivity contribution in [1.29, 1.82) is 0 Å². The van der Waals surface area contributed by atoms with E-state index in [4.69, 9.17) is 19.3 Å². The molecule has 1 N–H and O–H groups in total. The van der Waals surface area contributed by atoms with Crippen LogP contribution in [0.4, 0.5) is 0 Å². The number of hydrogen-bond donors (Lipinski definition) is 1. The summed E-state index contributed by atoms with van der Waals surface area (Å²) in [6, 6.07) is 11.2. The molecule has 158 valence electrons. The minimum Gasteiger partial charge on any atom is -0.496 e. The summed E-state index contributed by atoms with van der Waals surface area (Å²) in [6.07, 6.45) is 0. The fourth-order valence-corrected chi connectivity index (χ4v) is 2.67. The SMILES string of the molecule is COC(=O)C(C)c1ccc(C)c(OC)c1.COc1cc(C(C)C(=O)O)ccc1C. The lowest BCUT2D eigenvalue weighted by molar-refractivity contribution is -0.142. The third-order valence-electron chi connectivity index (χ3n) is 4.79. The van der Waals surface area contributed by atoms with Crippen LogP contribution in [0.25, 0.3) is 0 Å². The van der Waals surface area contributed by atoms with Gasteiger partial charge in [-0.2, -0.15) is 0 Å². The Morgan fingerprint density at radius 1 is 0.793 bits per heavy atom. The van der Waals surface area contributed by atoms with E-state index in [9.17, 15) is 9.59 Å². The first-order valence-corrected chi connectivity index (χ1v) is 9.25. The summed E-state index contributed by atoms with van der Waals surface area (Å²) in [7, 11) is 4.59. The van der Waals surface area contributed by atoms with Crippen molar-refractivity contribution in [1.82, 2.24) is 0 Å². The topological polar surface area (TPSA) is 82.1 Å². The number of carboxylic acids is 1. The van der Waals surface area contributed by atoms with Gasteiger partial charge in [-0.25, -0.2) is 0 Å². The highest BCUT2D eigenvalue weighted by Crippen LogP contribution is 2.25. The summed E-state index contributed by atoms with van der Waals surface area (Å²) in [6.45, 7) is 7.36. The van der Waals surface area contributed by atoms with Crippen molar-refractivity contribution in [2.24, 2.45) is 0 Å². The van der Waals surface area contributed by atoms with Gasteiger partial charge in [0.25, 0.3) is 0 Å². The van der Waals surface area contributed by atoms with Gasteiger partial charge in [0.1, 0.15) is 11.5 Å². The molecule has 29 heavy (non-hydrogen) atoms. The number of esters is 1. The molecule has 2 aromatic rings. The maximum Gasteiger partial charge on any atom is 0.312 e. The van der Waals surface area contributed by atoms with Crippen LogP contribution in [0.5, 0.6) is 11.5 Å². The molecular formula is C23H30O6. The molecule has 0 saturated carbocycles. The van der Waals surface area contributed by atoms with E-state index in [2.05, 4.69) is 0 Å². The second-order valence-corrected chi connectivity index (χ2v) is 6.76. The van der Waals surface area contributed by atoms with Gasteiger partial charge < -0.3 is 19.3 Å². The number of hydrogen-bond acceptors (Lipinski definition) is 5. The maximum atomic E-state index is 11.3. The first kappa shape index (κ1) is 24.0. The molecule has 0 aromatic heterocycles. The molecule has 6 heteroatoms. The molecular weight excluding hydrogens is 372 g/mol. The van der Waals surface area contributed by atoms with Crippen LogP contribution in [0.2, 0.25) is 0 Å². The number of rotatable bonds is 6. The minimum absolute atomic E-state index is 0.235. The van der Waals surface area contributed by atoms with Crippen LogP contribution in [0, 0.1) is 13.8 Å². The van der Waals surface area contributed by atoms with Crippen LogP contribution in [-0.2, 0) is 14.3 Å². The van der Waals surface area contributed by atoms with Crippen molar-refractivity contribution in [3.05, 3.63) is 58.7 Å². The average Bonchev–Trinajstić information content (AvgIpc) is 2.73. The largest absolute Gasteiger partial charge is 0.496 e. The van der Waals surface area contributed by atoms with E-state index in [-0.39, 0.29) is 11.9 Å². The highest BCUT2D eigenvalue weighted by atomic mass is 16.5. The summed E-state index contributed by atoms with van der Waals surface area (Å²) in [4.78, 5) is 22.1. The highest BCUT2D eigenvalue weighted by Gasteiger charge is 2.16. The lowest BCUT2D eigenvalue weighted by Crippen LogP contribution is -2.10. The number of carbonyl (C=O) groups is 2. The molecule has 0 heterocycles. The zero-order chi connectivity index (χ0) is 22.1. The van der Waals surface area contributed by atoms with E-state index in [1.54, 1.807) is 27.2 Å². The molecule has 2 aromatic carbocycles. The molecule has 0 radical (unpaired) electrons. The lowest BCUT2D eigenvalue weighted by Gasteiger charge is -2.12. The second-order valence-electron chi connectivity index (χ2n) is 6.76. The van der Waals surface area contributed by atoms with E-state index in [0.29, 0.717) is 0 Å². The lowest BCUT2D eigenvalue weighted by atomic mass is 9.99. The minimum atomic E-state index is -0.823. The van der Waals surface area contributed by atoms with Gasteiger partial charge in [0.2, 0.25) is 0 Å². The molecule has 2 atom stereocenters. The van der Waals surface area contributed by atoms with Crippen LogP contribution in [0.1, 0.15) is 47.9 Å². The van der Waals surface area contributed by atoms with E-state index in [1.165, 1.54) is 7.11 Å². The predicted octanol–water partition coefficient (Wildman–Crippen LogP) is 4.47. The molecule has 0 aliphatic carbocycles. The number of ether oxygens (including phenoxy) is 3. The molecule has 0 spiro atoms. The Kier molecular flexibility index (Phi) is 9.19. The zero-order valence-corrected chi connectivity index (χ0v) is 18.1. The Morgan fingerprint density at radius 3 is 1.55 bits per heavy atom. The standard InChI is InChI=1S/C12H16O3.C11H14O3/c1-8-5-6-10(7-11(8)14-3)9(2)12(13)15-4;1-7-4-5-9(6-10(7)14-3)8(2)11(12)13/h5-7,9H,1-4H3;4-6,8H,1-3H3,(H,12,13). The number of benzene rings is 2. The molecule has 2 unspecified atom stereocenters. The van der Waals surface area contributed by atoms with E-state index in [0.717, 1.165) is 33.8 Å². The number of carbonyl (C=O) groups excluding carboxylic acids is 1. The predicted molar refractivity (Wildman–Crippen MR) is 112 cm³/mol. The monoisotopic (exact) mass is 402 g/mol. The van der Waals surface area contributed by atoms with Gasteiger partial charge in [0.15, 0.2) is 0 Å². The van der Waals surface area contributed by atoms with E-state index >= 15 is 0 Å². The van der Waals surface area contributed by atoms with Crippen LogP contribution in [-0.4, -0.2) is 38.4 Å². The second kappa shape index (κ2) is 11.1. The molecule has 0 aliphatic heterocycles. The molecule has 6 nitrogen and oxygen atoms in total. The molecule has 0 aliphatic rings. The Hall–Kier alpha value is -3.02. The Labute approximate surface area is 172 Å². The average molecular weight is 402 g/mol. The van der Waals surface area contributed by atoms with Gasteiger partial charge >= 0.3 is 11.9 Å². The summed E-state index contributed by atoms with van der Waals surface area (Å²) in [5.74, 6) is -0.287. The van der Waals surface area contributed by atoms with Gasteiger partial charge in [-0.05, 0) is 62.1 Å². The number of methoxy groups -OCH3 is 3. The number of carboxylic acid groups (broad SMARTS) is 1. The van der Waals surface area contributed by atoms with Crippen LogP contribution in [0.3, 0.4) is 0 Å². The molecule has 0 bridgehead atoms. The highest BCUT2D eigenvalue weighted by molar-refractivity contribution is 5.77. The Bertz CT molecular complexity index is 843. The zero-order valence-electron chi connectivity index (χ0n) is 18.1. The smallest absolute Gasteiger partial charge is 0.312 e. The maximum absolute atomic E-state index is 11.3. The van der Waals surface area contributed by atoms with Crippen molar-refractivity contribution < 1.29 is 28.9 Å². The quantitative estimate of drug-likeness (QED) is 0.718. The molecule has 0 saturated heterocycles. The number of aliphatic carboxylic acids is 1. The van der Waals surface area contributed by atoms with Crippen molar-refractivity contribution in [2.45, 2.75) is 39.5 Å². The van der Waals surface area contributed by atoms with Crippen LogP contribution < -0.4 is 9.47 Å². The van der Waals surface area contributed by atoms with Gasteiger partial charge in [0.05, 0.1) is 33.2 Å². The van der Waals surface area contributed by atoms with Gasteiger partial charge in [-0.3, -0.25) is 9.59 Å². The van der Waals surface area contributed by atoms with E-state index < -0.39 is 11.9 Å². The normalized spacial score (nSPS) is 12.1. The summed E-state index contributed by atoms with van der Waals surface area (Å²) in [5.41, 5.74) is 3.73. The van der Waals surface area contributed by atoms with Crippen molar-refractivity contribution in [3.63, 3.8) is 0 Å². The number of aryl methyl sites for hydroxylation is 2. The third-order valence-corrected chi connectivity index (χ3v) is 4.79. The van der Waals surface area contributed by atoms with Gasteiger partial charge in [-0.15, -0.1) is 0 Å². The molecule has 0 amide bonds. The first-order chi connectivity index (χ1) is 13.7. The van der Waals surface area contributed by atoms with Crippen LogP contribution in [0.15, 0.2) is 36.4 Å².